The number of quaternary nitrogens is 1. The predicted octanol–water partition coefficient (Wildman–Crippen LogP) is 0.857. The molecule has 2 N–H and O–H groups in total. The molecule has 0 unspecified atom stereocenters. The highest BCUT2D eigenvalue weighted by molar-refractivity contribution is 7.89. The van der Waals surface area contributed by atoms with E-state index >= 15 is 0 Å². The zero-order valence-corrected chi connectivity index (χ0v) is 17.0. The van der Waals surface area contributed by atoms with Crippen LogP contribution in [-0.2, 0) is 10.0 Å². The van der Waals surface area contributed by atoms with Crippen molar-refractivity contribution >= 4 is 21.6 Å². The molecule has 0 aromatic heterocycles. The number of carbonyl (C=O) groups excluding carboxylic acids is 1. The minimum atomic E-state index is -3.53. The minimum absolute atomic E-state index is 0.207. The van der Waals surface area contributed by atoms with Gasteiger partial charge < -0.3 is 15.0 Å². The largest absolute Gasteiger partial charge is 0.492 e. The fraction of sp³-hybridized carbons (Fsp3) is 0.350. The van der Waals surface area contributed by atoms with E-state index in [4.69, 9.17) is 4.74 Å². The van der Waals surface area contributed by atoms with Gasteiger partial charge in [-0.25, -0.2) is 8.42 Å². The number of para-hydroxylation sites is 2. The van der Waals surface area contributed by atoms with E-state index in [1.807, 2.05) is 19.1 Å². The first-order valence-electron chi connectivity index (χ1n) is 9.36. The smallest absolute Gasteiger partial charge is 0.255 e. The molecule has 1 aliphatic heterocycles. The summed E-state index contributed by atoms with van der Waals surface area (Å²) < 4.78 is 32.6. The lowest BCUT2D eigenvalue weighted by atomic mass is 10.2. The summed E-state index contributed by atoms with van der Waals surface area (Å²) in [5, 5.41) is 2.81. The number of ether oxygens (including phenoxy) is 1. The number of benzene rings is 2. The van der Waals surface area contributed by atoms with Gasteiger partial charge in [0, 0.05) is 5.56 Å². The maximum Gasteiger partial charge on any atom is 0.255 e. The van der Waals surface area contributed by atoms with E-state index in [1.165, 1.54) is 33.5 Å². The zero-order chi connectivity index (χ0) is 20.1. The van der Waals surface area contributed by atoms with Crippen LogP contribution in [0.25, 0.3) is 0 Å². The number of rotatable bonds is 6. The third-order valence-electron chi connectivity index (χ3n) is 4.77. The molecule has 1 aliphatic rings. The second-order valence-corrected chi connectivity index (χ2v) is 8.71. The van der Waals surface area contributed by atoms with Crippen LogP contribution in [-0.4, -0.2) is 58.5 Å². The van der Waals surface area contributed by atoms with Gasteiger partial charge in [0.05, 0.1) is 50.4 Å². The summed E-state index contributed by atoms with van der Waals surface area (Å²) in [6.45, 7) is 4.96. The van der Waals surface area contributed by atoms with Crippen molar-refractivity contribution in [2.75, 3.05) is 45.2 Å². The number of hydrogen-bond acceptors (Lipinski definition) is 4. The van der Waals surface area contributed by atoms with Gasteiger partial charge in [-0.15, -0.1) is 0 Å². The Kier molecular flexibility index (Phi) is 6.33. The number of hydrogen-bond donors (Lipinski definition) is 2. The number of amides is 1. The Morgan fingerprint density at radius 1 is 1.11 bits per heavy atom. The number of carbonyl (C=O) groups is 1. The van der Waals surface area contributed by atoms with Crippen LogP contribution in [0.1, 0.15) is 17.3 Å². The van der Waals surface area contributed by atoms with Gasteiger partial charge in [-0.2, -0.15) is 4.31 Å². The van der Waals surface area contributed by atoms with Gasteiger partial charge in [0.25, 0.3) is 5.91 Å². The summed E-state index contributed by atoms with van der Waals surface area (Å²) in [6.07, 6.45) is 0. The molecule has 0 saturated carbocycles. The first kappa shape index (κ1) is 20.3. The van der Waals surface area contributed by atoms with Crippen LogP contribution in [0.5, 0.6) is 5.75 Å². The van der Waals surface area contributed by atoms with E-state index in [-0.39, 0.29) is 10.8 Å². The van der Waals surface area contributed by atoms with Gasteiger partial charge in [0.15, 0.2) is 0 Å². The highest BCUT2D eigenvalue weighted by Gasteiger charge is 2.29. The monoisotopic (exact) mass is 404 g/mol. The third kappa shape index (κ3) is 4.52. The molecule has 8 heteroatoms. The molecule has 2 aromatic carbocycles. The van der Waals surface area contributed by atoms with Crippen LogP contribution in [0.4, 0.5) is 5.69 Å². The van der Waals surface area contributed by atoms with Crippen molar-refractivity contribution in [3.63, 3.8) is 0 Å². The number of anilines is 1. The summed E-state index contributed by atoms with van der Waals surface area (Å²) in [4.78, 5) is 14.1. The summed E-state index contributed by atoms with van der Waals surface area (Å²) in [6, 6.07) is 13.2. The van der Waals surface area contributed by atoms with Crippen molar-refractivity contribution in [2.45, 2.75) is 11.8 Å². The van der Waals surface area contributed by atoms with Crippen molar-refractivity contribution in [1.82, 2.24) is 4.31 Å². The topological polar surface area (TPSA) is 80.1 Å². The predicted molar refractivity (Wildman–Crippen MR) is 107 cm³/mol. The van der Waals surface area contributed by atoms with Crippen molar-refractivity contribution in [3.05, 3.63) is 54.1 Å². The molecule has 2 aromatic rings. The van der Waals surface area contributed by atoms with Gasteiger partial charge in [-0.05, 0) is 43.3 Å². The fourth-order valence-corrected chi connectivity index (χ4v) is 4.52. The van der Waals surface area contributed by atoms with Crippen LogP contribution >= 0.6 is 0 Å². The van der Waals surface area contributed by atoms with Crippen molar-refractivity contribution in [1.29, 1.82) is 0 Å². The molecule has 1 saturated heterocycles. The van der Waals surface area contributed by atoms with Crippen LogP contribution in [0.3, 0.4) is 0 Å². The normalized spacial score (nSPS) is 15.9. The molecule has 3 rings (SSSR count). The molecule has 0 bridgehead atoms. The maximum atomic E-state index is 12.8. The molecule has 0 atom stereocenters. The Labute approximate surface area is 166 Å². The quantitative estimate of drug-likeness (QED) is 0.748. The average molecular weight is 405 g/mol. The molecule has 0 aliphatic carbocycles. The molecule has 1 fully saturated rings. The first-order chi connectivity index (χ1) is 13.4. The SMILES string of the molecule is CCOc1ccccc1NC(=O)c1ccc(S(=O)(=O)N2CC[NH+](C)CC2)cc1. The van der Waals surface area contributed by atoms with Gasteiger partial charge in [0.2, 0.25) is 10.0 Å². The summed E-state index contributed by atoms with van der Waals surface area (Å²) in [5.41, 5.74) is 0.957. The van der Waals surface area contributed by atoms with E-state index in [2.05, 4.69) is 12.4 Å². The molecule has 1 heterocycles. The Balaban J connectivity index is 1.73. The molecule has 28 heavy (non-hydrogen) atoms. The number of nitrogens with one attached hydrogen (secondary N) is 2. The number of piperazine rings is 1. The Hall–Kier alpha value is -2.42. The molecule has 7 nitrogen and oxygen atoms in total. The van der Waals surface area contributed by atoms with E-state index in [0.717, 1.165) is 13.1 Å². The van der Waals surface area contributed by atoms with Gasteiger partial charge in [0.1, 0.15) is 5.75 Å². The summed E-state index contributed by atoms with van der Waals surface area (Å²) in [5.74, 6) is 0.272. The summed E-state index contributed by atoms with van der Waals surface area (Å²) in [7, 11) is -1.48. The highest BCUT2D eigenvalue weighted by atomic mass is 32.2. The van der Waals surface area contributed by atoms with Crippen LogP contribution in [0.2, 0.25) is 0 Å². The van der Waals surface area contributed by atoms with E-state index < -0.39 is 10.0 Å². The average Bonchev–Trinajstić information content (AvgIpc) is 2.70. The highest BCUT2D eigenvalue weighted by Crippen LogP contribution is 2.24. The van der Waals surface area contributed by atoms with Crippen LogP contribution < -0.4 is 15.0 Å². The summed E-state index contributed by atoms with van der Waals surface area (Å²) >= 11 is 0. The van der Waals surface area contributed by atoms with Crippen LogP contribution in [0, 0.1) is 0 Å². The first-order valence-corrected chi connectivity index (χ1v) is 10.8. The number of sulfonamides is 1. The van der Waals surface area contributed by atoms with Crippen molar-refractivity contribution in [3.8, 4) is 5.75 Å². The van der Waals surface area contributed by atoms with E-state index in [0.29, 0.717) is 36.7 Å². The lowest BCUT2D eigenvalue weighted by Gasteiger charge is -2.29. The lowest BCUT2D eigenvalue weighted by Crippen LogP contribution is -3.12. The molecule has 0 radical (unpaired) electrons. The standard InChI is InChI=1S/C20H25N3O4S/c1-3-27-19-7-5-4-6-18(19)21-20(24)16-8-10-17(11-9-16)28(25,26)23-14-12-22(2)13-15-23/h4-11H,3,12-15H2,1-2H3,(H,21,24)/p+1. The zero-order valence-electron chi connectivity index (χ0n) is 16.1. The molecular weight excluding hydrogens is 378 g/mol. The van der Waals surface area contributed by atoms with Crippen molar-refractivity contribution in [2.24, 2.45) is 0 Å². The number of likely N-dealkylation sites (N-methyl/N-ethyl adjacent to an activating group) is 1. The molecule has 1 amide bonds. The number of nitrogens with zero attached hydrogens (tertiary/aromatic N) is 1. The minimum Gasteiger partial charge on any atom is -0.492 e. The van der Waals surface area contributed by atoms with Gasteiger partial charge >= 0.3 is 0 Å². The van der Waals surface area contributed by atoms with Crippen molar-refractivity contribution < 1.29 is 22.8 Å². The Morgan fingerprint density at radius 3 is 2.39 bits per heavy atom. The maximum absolute atomic E-state index is 12.8. The fourth-order valence-electron chi connectivity index (χ4n) is 3.08. The molecule has 0 spiro atoms. The lowest BCUT2D eigenvalue weighted by molar-refractivity contribution is -0.883. The third-order valence-corrected chi connectivity index (χ3v) is 6.68. The second-order valence-electron chi connectivity index (χ2n) is 6.77. The van der Waals surface area contributed by atoms with Gasteiger partial charge in [-0.3, -0.25) is 4.79 Å². The van der Waals surface area contributed by atoms with Crippen LogP contribution in [0.15, 0.2) is 53.4 Å². The Bertz CT molecular complexity index is 921. The Morgan fingerprint density at radius 2 is 1.75 bits per heavy atom. The van der Waals surface area contributed by atoms with Gasteiger partial charge in [-0.1, -0.05) is 12.1 Å². The van der Waals surface area contributed by atoms with E-state index in [9.17, 15) is 13.2 Å². The van der Waals surface area contributed by atoms with E-state index in [1.54, 1.807) is 12.1 Å². The molecular formula is C20H26N3O4S+. The second kappa shape index (κ2) is 8.72. The molecule has 150 valence electrons.